The molecule has 0 aliphatic rings. The van der Waals surface area contributed by atoms with E-state index in [0.717, 1.165) is 16.7 Å². The number of amides is 1. The Morgan fingerprint density at radius 1 is 0.808 bits per heavy atom. The average Bonchev–Trinajstić information content (AvgIpc) is 2.68. The number of hydrogen-bond donors (Lipinski definition) is 1. The molecular formula is C21H16Cl2N2O. The Labute approximate surface area is 162 Å². The van der Waals surface area contributed by atoms with Crippen LogP contribution in [-0.4, -0.2) is 11.6 Å². The highest BCUT2D eigenvalue weighted by molar-refractivity contribution is 6.42. The van der Waals surface area contributed by atoms with E-state index in [2.05, 4.69) is 22.7 Å². The smallest absolute Gasteiger partial charge is 0.267 e. The Kier molecular flexibility index (Phi) is 5.71. The molecule has 0 aliphatic heterocycles. The second-order valence-corrected chi connectivity index (χ2v) is 6.52. The third kappa shape index (κ3) is 4.31. The maximum atomic E-state index is 12.2. The molecule has 5 heteroatoms. The summed E-state index contributed by atoms with van der Waals surface area (Å²) in [5.41, 5.74) is 6.85. The lowest BCUT2D eigenvalue weighted by Gasteiger charge is -2.06. The van der Waals surface area contributed by atoms with Crippen LogP contribution in [0.1, 0.15) is 22.8 Å². The van der Waals surface area contributed by atoms with Gasteiger partial charge in [-0.3, -0.25) is 4.79 Å². The summed E-state index contributed by atoms with van der Waals surface area (Å²) in [5, 5.41) is 4.90. The van der Waals surface area contributed by atoms with Crippen molar-refractivity contribution in [3.05, 3.63) is 94.0 Å². The van der Waals surface area contributed by atoms with Gasteiger partial charge in [0.2, 0.25) is 0 Å². The van der Waals surface area contributed by atoms with E-state index in [0.29, 0.717) is 21.3 Å². The van der Waals surface area contributed by atoms with Crippen LogP contribution in [0.4, 0.5) is 0 Å². The number of halogens is 2. The van der Waals surface area contributed by atoms with E-state index in [1.54, 1.807) is 12.1 Å². The minimum absolute atomic E-state index is 0.330. The predicted octanol–water partition coefficient (Wildman–Crippen LogP) is 5.81. The number of hydrazone groups is 1. The van der Waals surface area contributed by atoms with Gasteiger partial charge >= 0.3 is 0 Å². The molecule has 0 radical (unpaired) electrons. The molecule has 0 aromatic heterocycles. The lowest BCUT2D eigenvalue weighted by atomic mass is 10.0. The van der Waals surface area contributed by atoms with Crippen LogP contribution >= 0.6 is 23.2 Å². The highest BCUT2D eigenvalue weighted by Crippen LogP contribution is 2.22. The molecule has 0 atom stereocenters. The number of benzene rings is 3. The maximum absolute atomic E-state index is 12.2. The Balaban J connectivity index is 1.71. The fourth-order valence-electron chi connectivity index (χ4n) is 2.44. The van der Waals surface area contributed by atoms with Gasteiger partial charge in [0, 0.05) is 5.56 Å². The van der Waals surface area contributed by atoms with Crippen LogP contribution < -0.4 is 5.43 Å². The van der Waals surface area contributed by atoms with Crippen LogP contribution in [0.3, 0.4) is 0 Å². The molecule has 3 nitrogen and oxygen atoms in total. The molecule has 0 saturated heterocycles. The molecule has 1 N–H and O–H groups in total. The Morgan fingerprint density at radius 2 is 1.42 bits per heavy atom. The molecular weight excluding hydrogens is 367 g/mol. The zero-order valence-corrected chi connectivity index (χ0v) is 15.6. The van der Waals surface area contributed by atoms with Gasteiger partial charge in [-0.2, -0.15) is 5.10 Å². The van der Waals surface area contributed by atoms with E-state index < -0.39 is 0 Å². The fraction of sp³-hybridized carbons (Fsp3) is 0.0476. The highest BCUT2D eigenvalue weighted by atomic mass is 35.5. The number of nitrogens with one attached hydrogen (secondary N) is 1. The first-order chi connectivity index (χ1) is 12.5. The minimum Gasteiger partial charge on any atom is -0.267 e. The summed E-state index contributed by atoms with van der Waals surface area (Å²) in [5.74, 6) is -0.344. The predicted molar refractivity (Wildman–Crippen MR) is 108 cm³/mol. The third-order valence-corrected chi connectivity index (χ3v) is 4.66. The van der Waals surface area contributed by atoms with E-state index in [1.165, 1.54) is 6.07 Å². The minimum atomic E-state index is -0.344. The molecule has 0 aliphatic carbocycles. The summed E-state index contributed by atoms with van der Waals surface area (Å²) in [6.45, 7) is 1.84. The van der Waals surface area contributed by atoms with Gasteiger partial charge in [0.1, 0.15) is 0 Å². The SMILES string of the molecule is C/C(=N\NC(=O)c1ccc(Cl)c(Cl)c1)c1ccc(-c2ccccc2)cc1. The fourth-order valence-corrected chi connectivity index (χ4v) is 2.73. The monoisotopic (exact) mass is 382 g/mol. The standard InChI is InChI=1S/C21H16Cl2N2O/c1-14(24-25-21(26)18-11-12-19(22)20(23)13-18)15-7-9-17(10-8-15)16-5-3-2-4-6-16/h2-13H,1H3,(H,25,26)/b24-14+. The van der Waals surface area contributed by atoms with Gasteiger partial charge in [-0.15, -0.1) is 0 Å². The zero-order chi connectivity index (χ0) is 18.5. The van der Waals surface area contributed by atoms with Crippen molar-refractivity contribution in [1.82, 2.24) is 5.43 Å². The van der Waals surface area contributed by atoms with E-state index in [1.807, 2.05) is 49.4 Å². The van der Waals surface area contributed by atoms with E-state index in [9.17, 15) is 4.79 Å². The molecule has 0 saturated carbocycles. The molecule has 26 heavy (non-hydrogen) atoms. The molecule has 130 valence electrons. The number of hydrogen-bond acceptors (Lipinski definition) is 2. The van der Waals surface area contributed by atoms with Crippen LogP contribution in [0.5, 0.6) is 0 Å². The summed E-state index contributed by atoms with van der Waals surface area (Å²) in [6, 6.07) is 22.8. The van der Waals surface area contributed by atoms with E-state index in [-0.39, 0.29) is 5.91 Å². The van der Waals surface area contributed by atoms with Gasteiger partial charge in [-0.05, 0) is 41.8 Å². The summed E-state index contributed by atoms with van der Waals surface area (Å²) < 4.78 is 0. The molecule has 3 aromatic carbocycles. The first kappa shape index (κ1) is 18.2. The zero-order valence-electron chi connectivity index (χ0n) is 14.0. The number of nitrogens with zero attached hydrogens (tertiary/aromatic N) is 1. The number of rotatable bonds is 4. The lowest BCUT2D eigenvalue weighted by Crippen LogP contribution is -2.19. The first-order valence-electron chi connectivity index (χ1n) is 8.00. The number of carbonyl (C=O) groups excluding carboxylic acids is 1. The molecule has 0 unspecified atom stereocenters. The normalized spacial score (nSPS) is 11.3. The first-order valence-corrected chi connectivity index (χ1v) is 8.76. The van der Waals surface area contributed by atoms with Crippen LogP contribution in [0.25, 0.3) is 11.1 Å². The van der Waals surface area contributed by atoms with Gasteiger partial charge in [0.05, 0.1) is 15.8 Å². The molecule has 0 heterocycles. The third-order valence-electron chi connectivity index (χ3n) is 3.92. The summed E-state index contributed by atoms with van der Waals surface area (Å²) in [4.78, 5) is 12.2. The van der Waals surface area contributed by atoms with Crippen LogP contribution in [0.15, 0.2) is 77.9 Å². The van der Waals surface area contributed by atoms with Crippen molar-refractivity contribution in [1.29, 1.82) is 0 Å². The summed E-state index contributed by atoms with van der Waals surface area (Å²) >= 11 is 11.8. The Hall–Kier alpha value is -2.62. The van der Waals surface area contributed by atoms with Crippen molar-refractivity contribution < 1.29 is 4.79 Å². The van der Waals surface area contributed by atoms with Crippen molar-refractivity contribution in [2.45, 2.75) is 6.92 Å². The Morgan fingerprint density at radius 3 is 2.08 bits per heavy atom. The average molecular weight is 383 g/mol. The lowest BCUT2D eigenvalue weighted by molar-refractivity contribution is 0.0955. The molecule has 3 aromatic rings. The molecule has 3 rings (SSSR count). The topological polar surface area (TPSA) is 41.5 Å². The summed E-state index contributed by atoms with van der Waals surface area (Å²) in [6.07, 6.45) is 0. The molecule has 0 fully saturated rings. The van der Waals surface area contributed by atoms with Crippen molar-refractivity contribution in [2.75, 3.05) is 0 Å². The quantitative estimate of drug-likeness (QED) is 0.448. The molecule has 0 bridgehead atoms. The van der Waals surface area contributed by atoms with E-state index >= 15 is 0 Å². The largest absolute Gasteiger partial charge is 0.271 e. The second-order valence-electron chi connectivity index (χ2n) is 5.71. The second kappa shape index (κ2) is 8.17. The molecule has 0 spiro atoms. The van der Waals surface area contributed by atoms with E-state index in [4.69, 9.17) is 23.2 Å². The van der Waals surface area contributed by atoms with Crippen LogP contribution in [-0.2, 0) is 0 Å². The van der Waals surface area contributed by atoms with Crippen LogP contribution in [0, 0.1) is 0 Å². The highest BCUT2D eigenvalue weighted by Gasteiger charge is 2.08. The number of carbonyl (C=O) groups is 1. The molecule has 1 amide bonds. The van der Waals surface area contributed by atoms with Gasteiger partial charge in [-0.1, -0.05) is 77.8 Å². The van der Waals surface area contributed by atoms with Crippen molar-refractivity contribution >= 4 is 34.8 Å². The summed E-state index contributed by atoms with van der Waals surface area (Å²) in [7, 11) is 0. The van der Waals surface area contributed by atoms with Crippen molar-refractivity contribution in [3.63, 3.8) is 0 Å². The van der Waals surface area contributed by atoms with Gasteiger partial charge in [0.25, 0.3) is 5.91 Å². The van der Waals surface area contributed by atoms with Crippen molar-refractivity contribution in [3.8, 4) is 11.1 Å². The Bertz CT molecular complexity index is 952. The maximum Gasteiger partial charge on any atom is 0.271 e. The van der Waals surface area contributed by atoms with Crippen LogP contribution in [0.2, 0.25) is 10.0 Å². The van der Waals surface area contributed by atoms with Gasteiger partial charge in [0.15, 0.2) is 0 Å². The van der Waals surface area contributed by atoms with Crippen molar-refractivity contribution in [2.24, 2.45) is 5.10 Å². The van der Waals surface area contributed by atoms with Gasteiger partial charge < -0.3 is 0 Å². The van der Waals surface area contributed by atoms with Gasteiger partial charge in [-0.25, -0.2) is 5.43 Å².